The highest BCUT2D eigenvalue weighted by Gasteiger charge is 2.59. The minimum atomic E-state index is -0.628. The van der Waals surface area contributed by atoms with Crippen LogP contribution in [0.4, 0.5) is 0 Å². The molecule has 0 saturated heterocycles. The number of carboxylic acid groups (broad SMARTS) is 1. The number of carboxylic acids is 1. The summed E-state index contributed by atoms with van der Waals surface area (Å²) in [6, 6.07) is 8.02. The van der Waals surface area contributed by atoms with Gasteiger partial charge in [-0.25, -0.2) is 0 Å². The molecular formula is C21H26BrNO3. The lowest BCUT2D eigenvalue weighted by molar-refractivity contribution is -0.168. The van der Waals surface area contributed by atoms with Gasteiger partial charge >= 0.3 is 5.97 Å². The third-order valence-electron chi connectivity index (χ3n) is 7.16. The molecule has 2 unspecified atom stereocenters. The molecule has 2 N–H and O–H groups in total. The highest BCUT2D eigenvalue weighted by Crippen LogP contribution is 2.60. The highest BCUT2D eigenvalue weighted by molar-refractivity contribution is 9.10. The number of carbonyl (C=O) groups is 2. The second-order valence-electron chi connectivity index (χ2n) is 9.19. The first-order valence-electron chi connectivity index (χ1n) is 9.52. The fourth-order valence-corrected chi connectivity index (χ4v) is 6.12. The number of aliphatic carboxylic acids is 1. The van der Waals surface area contributed by atoms with Crippen molar-refractivity contribution in [3.8, 4) is 0 Å². The van der Waals surface area contributed by atoms with E-state index in [0.29, 0.717) is 17.8 Å². The van der Waals surface area contributed by atoms with E-state index in [9.17, 15) is 14.7 Å². The molecule has 140 valence electrons. The van der Waals surface area contributed by atoms with Gasteiger partial charge in [-0.05, 0) is 81.4 Å². The number of nitrogens with one attached hydrogen (secondary N) is 1. The van der Waals surface area contributed by atoms with Crippen molar-refractivity contribution in [1.29, 1.82) is 0 Å². The Morgan fingerprint density at radius 2 is 1.69 bits per heavy atom. The van der Waals surface area contributed by atoms with Crippen molar-refractivity contribution in [2.45, 2.75) is 57.4 Å². The Hall–Kier alpha value is -1.36. The Labute approximate surface area is 162 Å². The summed E-state index contributed by atoms with van der Waals surface area (Å²) in [7, 11) is 0. The molecular weight excluding hydrogens is 394 g/mol. The van der Waals surface area contributed by atoms with E-state index in [1.165, 1.54) is 0 Å². The summed E-state index contributed by atoms with van der Waals surface area (Å²) in [6.45, 7) is 3.92. The van der Waals surface area contributed by atoms with E-state index in [0.717, 1.165) is 42.1 Å². The van der Waals surface area contributed by atoms with Gasteiger partial charge in [0.25, 0.3) is 0 Å². The smallest absolute Gasteiger partial charge is 0.309 e. The van der Waals surface area contributed by atoms with Gasteiger partial charge in [0.1, 0.15) is 0 Å². The van der Waals surface area contributed by atoms with E-state index in [1.807, 2.05) is 38.1 Å². The Morgan fingerprint density at radius 1 is 1.12 bits per heavy atom. The highest BCUT2D eigenvalue weighted by atomic mass is 79.9. The van der Waals surface area contributed by atoms with Gasteiger partial charge in [-0.1, -0.05) is 28.1 Å². The summed E-state index contributed by atoms with van der Waals surface area (Å²) in [5.41, 5.74) is -0.150. The monoisotopic (exact) mass is 419 g/mol. The molecule has 4 aliphatic carbocycles. The third-order valence-corrected chi connectivity index (χ3v) is 7.69. The van der Waals surface area contributed by atoms with Crippen LogP contribution in [0.3, 0.4) is 0 Å². The van der Waals surface area contributed by atoms with Gasteiger partial charge in [0.15, 0.2) is 0 Å². The second kappa shape index (κ2) is 6.08. The average molecular weight is 420 g/mol. The zero-order valence-electron chi connectivity index (χ0n) is 15.3. The van der Waals surface area contributed by atoms with Crippen LogP contribution in [-0.2, 0) is 15.0 Å². The number of halogens is 1. The van der Waals surface area contributed by atoms with Gasteiger partial charge in [0, 0.05) is 10.5 Å². The predicted molar refractivity (Wildman–Crippen MR) is 103 cm³/mol. The molecule has 1 aromatic rings. The molecule has 0 spiro atoms. The lowest BCUT2D eigenvalue weighted by atomic mass is 9.48. The zero-order valence-corrected chi connectivity index (χ0v) is 16.9. The second-order valence-corrected chi connectivity index (χ2v) is 10.1. The van der Waals surface area contributed by atoms with Gasteiger partial charge in [-0.15, -0.1) is 0 Å². The fourth-order valence-electron chi connectivity index (χ4n) is 5.85. The summed E-state index contributed by atoms with van der Waals surface area (Å²) >= 11 is 3.44. The lowest BCUT2D eigenvalue weighted by Gasteiger charge is -2.58. The molecule has 0 radical (unpaired) electrons. The Bertz CT molecular complexity index is 726. The molecule has 26 heavy (non-hydrogen) atoms. The minimum Gasteiger partial charge on any atom is -0.481 e. The molecule has 0 aromatic heterocycles. The molecule has 4 bridgehead atoms. The van der Waals surface area contributed by atoms with E-state index in [2.05, 4.69) is 21.2 Å². The van der Waals surface area contributed by atoms with E-state index < -0.39 is 16.8 Å². The van der Waals surface area contributed by atoms with Crippen molar-refractivity contribution in [3.63, 3.8) is 0 Å². The number of hydrogen-bond acceptors (Lipinski definition) is 2. The van der Waals surface area contributed by atoms with Gasteiger partial charge in [-0.2, -0.15) is 0 Å². The topological polar surface area (TPSA) is 66.4 Å². The van der Waals surface area contributed by atoms with Crippen LogP contribution in [-0.4, -0.2) is 23.0 Å². The number of amides is 1. The van der Waals surface area contributed by atoms with Crippen molar-refractivity contribution in [3.05, 3.63) is 34.3 Å². The van der Waals surface area contributed by atoms with E-state index in [1.54, 1.807) is 0 Å². The summed E-state index contributed by atoms with van der Waals surface area (Å²) in [5.74, 6) is 0.554. The van der Waals surface area contributed by atoms with Crippen molar-refractivity contribution >= 4 is 27.8 Å². The summed E-state index contributed by atoms with van der Waals surface area (Å²) < 4.78 is 0.998. The van der Waals surface area contributed by atoms with Crippen molar-refractivity contribution in [2.24, 2.45) is 23.2 Å². The quantitative estimate of drug-likeness (QED) is 0.770. The SMILES string of the molecule is CC(C)(C(=O)NC1C2CC3CC1CC(C(=O)O)(C3)C2)c1ccc(Br)cc1. The van der Waals surface area contributed by atoms with Crippen LogP contribution < -0.4 is 5.32 Å². The Kier molecular flexibility index (Phi) is 4.22. The van der Waals surface area contributed by atoms with E-state index in [-0.39, 0.29) is 11.9 Å². The Morgan fingerprint density at radius 3 is 2.23 bits per heavy atom. The maximum absolute atomic E-state index is 13.1. The number of rotatable bonds is 4. The van der Waals surface area contributed by atoms with E-state index >= 15 is 0 Å². The molecule has 2 atom stereocenters. The third kappa shape index (κ3) is 2.79. The first kappa shape index (κ1) is 18.0. The molecule has 1 amide bonds. The van der Waals surface area contributed by atoms with E-state index in [4.69, 9.17) is 0 Å². The maximum atomic E-state index is 13.1. The molecule has 4 aliphatic rings. The summed E-state index contributed by atoms with van der Waals surface area (Å²) in [5, 5.41) is 13.1. The largest absolute Gasteiger partial charge is 0.481 e. The normalized spacial score (nSPS) is 35.3. The predicted octanol–water partition coefficient (Wildman–Crippen LogP) is 4.12. The first-order valence-corrected chi connectivity index (χ1v) is 10.3. The van der Waals surface area contributed by atoms with Gasteiger partial charge < -0.3 is 10.4 Å². The standard InChI is InChI=1S/C21H26BrNO3/c1-20(2,15-3-5-16(22)6-4-15)18(24)23-17-13-7-12-8-14(17)11-21(9-12,10-13)19(25)26/h3-6,12-14,17H,7-11H2,1-2H3,(H,23,24)(H,25,26). The fraction of sp³-hybridized carbons (Fsp3) is 0.619. The van der Waals surface area contributed by atoms with Crippen LogP contribution in [0.25, 0.3) is 0 Å². The van der Waals surface area contributed by atoms with Crippen LogP contribution in [0.1, 0.15) is 51.5 Å². The molecule has 5 heteroatoms. The molecule has 0 aliphatic heterocycles. The summed E-state index contributed by atoms with van der Waals surface area (Å²) in [6.07, 6.45) is 4.41. The maximum Gasteiger partial charge on any atom is 0.309 e. The molecule has 5 rings (SSSR count). The van der Waals surface area contributed by atoms with Crippen LogP contribution in [0, 0.1) is 23.2 Å². The van der Waals surface area contributed by atoms with Gasteiger partial charge in [0.2, 0.25) is 5.91 Å². The molecule has 0 heterocycles. The van der Waals surface area contributed by atoms with Crippen molar-refractivity contribution < 1.29 is 14.7 Å². The molecule has 1 aromatic carbocycles. The van der Waals surface area contributed by atoms with Gasteiger partial charge in [-0.3, -0.25) is 9.59 Å². The lowest BCUT2D eigenvalue weighted by Crippen LogP contribution is -2.62. The van der Waals surface area contributed by atoms with Crippen molar-refractivity contribution in [1.82, 2.24) is 5.32 Å². The number of hydrogen-bond donors (Lipinski definition) is 2. The van der Waals surface area contributed by atoms with Crippen LogP contribution in [0.2, 0.25) is 0 Å². The van der Waals surface area contributed by atoms with Crippen LogP contribution in [0.15, 0.2) is 28.7 Å². The van der Waals surface area contributed by atoms with Gasteiger partial charge in [0.05, 0.1) is 10.8 Å². The zero-order chi connectivity index (χ0) is 18.7. The first-order chi connectivity index (χ1) is 12.2. The molecule has 4 fully saturated rings. The Balaban J connectivity index is 1.52. The molecule has 4 saturated carbocycles. The van der Waals surface area contributed by atoms with Crippen molar-refractivity contribution in [2.75, 3.05) is 0 Å². The van der Waals surface area contributed by atoms with Crippen LogP contribution >= 0.6 is 15.9 Å². The van der Waals surface area contributed by atoms with Crippen LogP contribution in [0.5, 0.6) is 0 Å². The average Bonchev–Trinajstić information content (AvgIpc) is 2.57. The number of carbonyl (C=O) groups excluding carboxylic acids is 1. The minimum absolute atomic E-state index is 0.0432. The molecule has 4 nitrogen and oxygen atoms in total. The summed E-state index contributed by atoms with van der Waals surface area (Å²) in [4.78, 5) is 25.0. The number of benzene rings is 1.